The molecule has 28 heavy (non-hydrogen) atoms. The van der Waals surface area contributed by atoms with E-state index < -0.39 is 0 Å². The molecule has 1 heterocycles. The van der Waals surface area contributed by atoms with Crippen molar-refractivity contribution in [3.63, 3.8) is 0 Å². The molecule has 0 saturated heterocycles. The lowest BCUT2D eigenvalue weighted by Gasteiger charge is -2.18. The fourth-order valence-corrected chi connectivity index (χ4v) is 4.71. The van der Waals surface area contributed by atoms with Gasteiger partial charge >= 0.3 is 0 Å². The zero-order chi connectivity index (χ0) is 20.5. The molecular weight excluding hydrogens is 415 g/mol. The summed E-state index contributed by atoms with van der Waals surface area (Å²) >= 11 is 13.9. The predicted octanol–water partition coefficient (Wildman–Crippen LogP) is 5.69. The molecule has 0 radical (unpaired) electrons. The van der Waals surface area contributed by atoms with Crippen molar-refractivity contribution in [1.29, 1.82) is 0 Å². The van der Waals surface area contributed by atoms with Crippen LogP contribution in [-0.2, 0) is 16.7 Å². The Bertz CT molecular complexity index is 1080. The first-order valence-corrected chi connectivity index (χ1v) is 10.4. The summed E-state index contributed by atoms with van der Waals surface area (Å²) in [5, 5.41) is 1.08. The number of aromatic nitrogens is 1. The van der Waals surface area contributed by atoms with Crippen LogP contribution in [0.2, 0.25) is 10.0 Å². The maximum absolute atomic E-state index is 12.8. The lowest BCUT2D eigenvalue weighted by atomic mass is 9.87. The Morgan fingerprint density at radius 1 is 1.18 bits per heavy atom. The molecule has 7 heteroatoms. The number of hydrogen-bond acceptors (Lipinski definition) is 3. The summed E-state index contributed by atoms with van der Waals surface area (Å²) in [5.74, 6) is -0.291. The highest BCUT2D eigenvalue weighted by Crippen LogP contribution is 2.30. The average Bonchev–Trinajstić information content (AvgIpc) is 2.96. The first kappa shape index (κ1) is 21.1. The van der Waals surface area contributed by atoms with Crippen LogP contribution in [0, 0.1) is 0 Å². The SMILES string of the molecule is COCCn1c(=NC(=O)c2ccc(C(C)(C)C)cc2)sc2cc(Cl)cc(Cl)c21. The summed E-state index contributed by atoms with van der Waals surface area (Å²) in [6, 6.07) is 11.1. The number of ether oxygens (including phenoxy) is 1. The van der Waals surface area contributed by atoms with Crippen molar-refractivity contribution in [3.05, 3.63) is 62.4 Å². The first-order chi connectivity index (χ1) is 13.2. The van der Waals surface area contributed by atoms with E-state index in [0.717, 1.165) is 10.2 Å². The van der Waals surface area contributed by atoms with Crippen LogP contribution in [0.15, 0.2) is 41.4 Å². The van der Waals surface area contributed by atoms with Gasteiger partial charge in [0.2, 0.25) is 0 Å². The van der Waals surface area contributed by atoms with Crippen LogP contribution < -0.4 is 4.80 Å². The Kier molecular flexibility index (Phi) is 6.30. The number of fused-ring (bicyclic) bond motifs is 1. The zero-order valence-electron chi connectivity index (χ0n) is 16.3. The quantitative estimate of drug-likeness (QED) is 0.526. The highest BCUT2D eigenvalue weighted by atomic mass is 35.5. The molecule has 0 saturated carbocycles. The van der Waals surface area contributed by atoms with Gasteiger partial charge in [0.15, 0.2) is 4.80 Å². The van der Waals surface area contributed by atoms with Crippen molar-refractivity contribution in [2.24, 2.45) is 4.99 Å². The fourth-order valence-electron chi connectivity index (χ4n) is 2.87. The van der Waals surface area contributed by atoms with Gasteiger partial charge in [-0.25, -0.2) is 0 Å². The smallest absolute Gasteiger partial charge is 0.279 e. The number of thiazole rings is 1. The molecular formula is C21H22Cl2N2O2S. The van der Waals surface area contributed by atoms with Gasteiger partial charge in [-0.2, -0.15) is 4.99 Å². The van der Waals surface area contributed by atoms with Crippen LogP contribution in [-0.4, -0.2) is 24.2 Å². The summed E-state index contributed by atoms with van der Waals surface area (Å²) in [7, 11) is 1.63. The number of methoxy groups -OCH3 is 1. The van der Waals surface area contributed by atoms with Gasteiger partial charge in [-0.15, -0.1) is 0 Å². The monoisotopic (exact) mass is 436 g/mol. The fraction of sp³-hybridized carbons (Fsp3) is 0.333. The summed E-state index contributed by atoms with van der Waals surface area (Å²) in [6.07, 6.45) is 0. The molecule has 0 aliphatic heterocycles. The van der Waals surface area contributed by atoms with Gasteiger partial charge in [-0.1, -0.05) is 67.4 Å². The van der Waals surface area contributed by atoms with Crippen LogP contribution in [0.4, 0.5) is 0 Å². The number of amides is 1. The normalized spacial score (nSPS) is 12.7. The zero-order valence-corrected chi connectivity index (χ0v) is 18.6. The maximum atomic E-state index is 12.8. The number of hydrogen-bond donors (Lipinski definition) is 0. The van der Waals surface area contributed by atoms with Gasteiger partial charge in [0, 0.05) is 24.2 Å². The van der Waals surface area contributed by atoms with Crippen LogP contribution in [0.1, 0.15) is 36.7 Å². The van der Waals surface area contributed by atoms with E-state index in [1.54, 1.807) is 13.2 Å². The van der Waals surface area contributed by atoms with E-state index >= 15 is 0 Å². The second-order valence-corrected chi connectivity index (χ2v) is 9.36. The van der Waals surface area contributed by atoms with Crippen molar-refractivity contribution < 1.29 is 9.53 Å². The molecule has 148 valence electrons. The molecule has 3 rings (SSSR count). The highest BCUT2D eigenvalue weighted by Gasteiger charge is 2.15. The molecule has 0 aliphatic carbocycles. The minimum absolute atomic E-state index is 0.0311. The van der Waals surface area contributed by atoms with Crippen molar-refractivity contribution in [3.8, 4) is 0 Å². The summed E-state index contributed by atoms with van der Waals surface area (Å²) in [4.78, 5) is 17.7. The molecule has 2 aromatic carbocycles. The third-order valence-corrected chi connectivity index (χ3v) is 5.94. The molecule has 0 fully saturated rings. The molecule has 0 unspecified atom stereocenters. The summed E-state index contributed by atoms with van der Waals surface area (Å²) in [5.41, 5.74) is 2.56. The molecule has 3 aromatic rings. The van der Waals surface area contributed by atoms with Gasteiger partial charge in [0.05, 0.1) is 21.8 Å². The molecule has 4 nitrogen and oxygen atoms in total. The van der Waals surface area contributed by atoms with Gasteiger partial charge in [0.25, 0.3) is 5.91 Å². The summed E-state index contributed by atoms with van der Waals surface area (Å²) in [6.45, 7) is 7.43. The second-order valence-electron chi connectivity index (χ2n) is 7.51. The third kappa shape index (κ3) is 4.49. The lowest BCUT2D eigenvalue weighted by molar-refractivity contribution is 0.0997. The van der Waals surface area contributed by atoms with E-state index in [9.17, 15) is 4.79 Å². The number of carbonyl (C=O) groups is 1. The minimum Gasteiger partial charge on any atom is -0.383 e. The molecule has 0 spiro atoms. The van der Waals surface area contributed by atoms with Gasteiger partial charge < -0.3 is 9.30 Å². The van der Waals surface area contributed by atoms with Crippen molar-refractivity contribution in [1.82, 2.24) is 4.57 Å². The Hall–Kier alpha value is -1.66. The number of carbonyl (C=O) groups excluding carboxylic acids is 1. The standard InChI is InChI=1S/C21H22Cl2N2O2S/c1-21(2,3)14-7-5-13(6-8-14)19(26)24-20-25(9-10-27-4)18-16(23)11-15(22)12-17(18)28-20/h5-8,11-12H,9-10H2,1-4H3. The van der Waals surface area contributed by atoms with Gasteiger partial charge in [-0.3, -0.25) is 4.79 Å². The van der Waals surface area contributed by atoms with Crippen molar-refractivity contribution in [2.75, 3.05) is 13.7 Å². The van der Waals surface area contributed by atoms with E-state index in [0.29, 0.717) is 33.6 Å². The molecule has 0 bridgehead atoms. The van der Waals surface area contributed by atoms with Crippen LogP contribution in [0.5, 0.6) is 0 Å². The highest BCUT2D eigenvalue weighted by molar-refractivity contribution is 7.16. The van der Waals surface area contributed by atoms with Crippen LogP contribution in [0.3, 0.4) is 0 Å². The van der Waals surface area contributed by atoms with Gasteiger partial charge in [0.1, 0.15) is 0 Å². The lowest BCUT2D eigenvalue weighted by Crippen LogP contribution is -2.19. The largest absolute Gasteiger partial charge is 0.383 e. The number of benzene rings is 2. The molecule has 1 aromatic heterocycles. The Labute approximate surface area is 178 Å². The number of halogens is 2. The second kappa shape index (κ2) is 8.37. The van der Waals surface area contributed by atoms with Gasteiger partial charge in [-0.05, 0) is 35.2 Å². The Morgan fingerprint density at radius 3 is 2.46 bits per heavy atom. The molecule has 0 N–H and O–H groups in total. The van der Waals surface area contributed by atoms with Crippen LogP contribution >= 0.6 is 34.5 Å². The topological polar surface area (TPSA) is 43.6 Å². The number of nitrogens with zero attached hydrogens (tertiary/aromatic N) is 2. The van der Waals surface area contributed by atoms with Crippen molar-refractivity contribution in [2.45, 2.75) is 32.7 Å². The van der Waals surface area contributed by atoms with E-state index in [1.807, 2.05) is 34.9 Å². The van der Waals surface area contributed by atoms with E-state index in [1.165, 1.54) is 16.9 Å². The van der Waals surface area contributed by atoms with E-state index in [4.69, 9.17) is 27.9 Å². The Balaban J connectivity index is 2.07. The molecule has 1 amide bonds. The van der Waals surface area contributed by atoms with Crippen LogP contribution in [0.25, 0.3) is 10.2 Å². The van der Waals surface area contributed by atoms with E-state index in [2.05, 4.69) is 25.8 Å². The minimum atomic E-state index is -0.291. The predicted molar refractivity (Wildman–Crippen MR) is 117 cm³/mol. The molecule has 0 aliphatic rings. The van der Waals surface area contributed by atoms with Crippen molar-refractivity contribution >= 4 is 50.7 Å². The first-order valence-electron chi connectivity index (χ1n) is 8.87. The summed E-state index contributed by atoms with van der Waals surface area (Å²) < 4.78 is 7.99. The maximum Gasteiger partial charge on any atom is 0.279 e. The Morgan fingerprint density at radius 2 is 1.86 bits per heavy atom. The average molecular weight is 437 g/mol. The van der Waals surface area contributed by atoms with E-state index in [-0.39, 0.29) is 11.3 Å². The third-order valence-electron chi connectivity index (χ3n) is 4.41. The molecule has 0 atom stereocenters. The number of rotatable bonds is 4.